The van der Waals surface area contributed by atoms with Crippen LogP contribution in [0.4, 0.5) is 13.2 Å². The average Bonchev–Trinajstić information content (AvgIpc) is 2.61. The van der Waals surface area contributed by atoms with E-state index in [0.29, 0.717) is 22.0 Å². The second kappa shape index (κ2) is 7.29. The van der Waals surface area contributed by atoms with Crippen molar-refractivity contribution in [3.05, 3.63) is 66.4 Å². The van der Waals surface area contributed by atoms with Crippen LogP contribution in [0.15, 0.2) is 66.0 Å². The van der Waals surface area contributed by atoms with Crippen molar-refractivity contribution in [3.63, 3.8) is 0 Å². The summed E-state index contributed by atoms with van der Waals surface area (Å²) in [7, 11) is 0. The third kappa shape index (κ3) is 4.11. The Morgan fingerprint density at radius 1 is 1.00 bits per heavy atom. The zero-order valence-corrected chi connectivity index (χ0v) is 14.4. The van der Waals surface area contributed by atoms with Gasteiger partial charge >= 0.3 is 6.18 Å². The number of carbonyl (C=O) groups is 1. The highest BCUT2D eigenvalue weighted by Gasteiger charge is 2.33. The highest BCUT2D eigenvalue weighted by atomic mass is 32.2. The number of rotatable bonds is 3. The molecule has 1 heterocycles. The lowest BCUT2D eigenvalue weighted by atomic mass is 9.97. The Morgan fingerprint density at radius 3 is 2.46 bits per heavy atom. The van der Waals surface area contributed by atoms with Crippen molar-refractivity contribution in [1.29, 1.82) is 0 Å². The van der Waals surface area contributed by atoms with E-state index >= 15 is 0 Å². The smallest absolute Gasteiger partial charge is 0.287 e. The SMILES string of the molecule is CC(=O)Sc1nccc(-c2cccc(-c3ccccc3C(F)(F)F)c2)n1. The Labute approximate surface area is 152 Å². The lowest BCUT2D eigenvalue weighted by Crippen LogP contribution is -2.06. The first-order chi connectivity index (χ1) is 12.3. The van der Waals surface area contributed by atoms with Crippen molar-refractivity contribution < 1.29 is 18.0 Å². The molecule has 0 bridgehead atoms. The number of nitrogens with zero attached hydrogens (tertiary/aromatic N) is 2. The summed E-state index contributed by atoms with van der Waals surface area (Å²) in [5, 5.41) is 0.158. The molecule has 0 aliphatic heterocycles. The summed E-state index contributed by atoms with van der Waals surface area (Å²) < 4.78 is 39.8. The average molecular weight is 374 g/mol. The van der Waals surface area contributed by atoms with Crippen molar-refractivity contribution in [2.24, 2.45) is 0 Å². The number of thioether (sulfide) groups is 1. The van der Waals surface area contributed by atoms with E-state index in [2.05, 4.69) is 9.97 Å². The normalized spacial score (nSPS) is 11.4. The number of alkyl halides is 3. The summed E-state index contributed by atoms with van der Waals surface area (Å²) in [5.41, 5.74) is 1.04. The molecule has 0 amide bonds. The quantitative estimate of drug-likeness (QED) is 0.450. The molecule has 0 radical (unpaired) electrons. The van der Waals surface area contributed by atoms with E-state index in [-0.39, 0.29) is 10.7 Å². The first kappa shape index (κ1) is 18.1. The second-order valence-electron chi connectivity index (χ2n) is 5.44. The van der Waals surface area contributed by atoms with Gasteiger partial charge in [0.1, 0.15) is 0 Å². The molecule has 0 unspecified atom stereocenters. The van der Waals surface area contributed by atoms with Crippen LogP contribution in [-0.2, 0) is 11.0 Å². The molecule has 132 valence electrons. The zero-order valence-electron chi connectivity index (χ0n) is 13.6. The van der Waals surface area contributed by atoms with Crippen LogP contribution < -0.4 is 0 Å². The summed E-state index contributed by atoms with van der Waals surface area (Å²) in [6, 6.07) is 13.8. The molecule has 0 fully saturated rings. The van der Waals surface area contributed by atoms with E-state index in [1.807, 2.05) is 0 Å². The first-order valence-electron chi connectivity index (χ1n) is 7.63. The predicted octanol–water partition coefficient (Wildman–Crippen LogP) is 5.47. The molecule has 1 aromatic heterocycles. The molecular formula is C19H13F3N2OS. The van der Waals surface area contributed by atoms with Crippen LogP contribution in [-0.4, -0.2) is 15.1 Å². The molecule has 0 spiro atoms. The summed E-state index contributed by atoms with van der Waals surface area (Å²) in [4.78, 5) is 19.5. The van der Waals surface area contributed by atoms with E-state index in [9.17, 15) is 18.0 Å². The maximum Gasteiger partial charge on any atom is 0.417 e. The topological polar surface area (TPSA) is 42.9 Å². The summed E-state index contributed by atoms with van der Waals surface area (Å²) >= 11 is 0.904. The Morgan fingerprint density at radius 2 is 1.73 bits per heavy atom. The van der Waals surface area contributed by atoms with Crippen molar-refractivity contribution in [2.75, 3.05) is 0 Å². The van der Waals surface area contributed by atoms with Gasteiger partial charge in [-0.2, -0.15) is 13.2 Å². The largest absolute Gasteiger partial charge is 0.417 e. The fourth-order valence-electron chi connectivity index (χ4n) is 2.51. The Hall–Kier alpha value is -2.67. The molecule has 2 aromatic carbocycles. The fourth-order valence-corrected chi connectivity index (χ4v) is 3.02. The highest BCUT2D eigenvalue weighted by Crippen LogP contribution is 2.37. The minimum Gasteiger partial charge on any atom is -0.287 e. The first-order valence-corrected chi connectivity index (χ1v) is 8.45. The van der Waals surface area contributed by atoms with Crippen molar-refractivity contribution in [2.45, 2.75) is 18.3 Å². The minimum absolute atomic E-state index is 0.106. The van der Waals surface area contributed by atoms with Gasteiger partial charge < -0.3 is 0 Å². The number of hydrogen-bond donors (Lipinski definition) is 0. The lowest BCUT2D eigenvalue weighted by molar-refractivity contribution is -0.137. The number of aromatic nitrogens is 2. The molecule has 26 heavy (non-hydrogen) atoms. The Bertz CT molecular complexity index is 957. The monoisotopic (exact) mass is 374 g/mol. The van der Waals surface area contributed by atoms with Gasteiger partial charge in [0.2, 0.25) is 0 Å². The molecule has 3 aromatic rings. The van der Waals surface area contributed by atoms with Gasteiger partial charge in [0.05, 0.1) is 11.3 Å². The number of carbonyl (C=O) groups excluding carboxylic acids is 1. The van der Waals surface area contributed by atoms with E-state index in [4.69, 9.17) is 0 Å². The van der Waals surface area contributed by atoms with Crippen LogP contribution in [0.5, 0.6) is 0 Å². The van der Waals surface area contributed by atoms with E-state index in [0.717, 1.165) is 17.8 Å². The molecule has 0 aliphatic carbocycles. The fraction of sp³-hybridized carbons (Fsp3) is 0.105. The van der Waals surface area contributed by atoms with Gasteiger partial charge in [-0.1, -0.05) is 36.4 Å². The van der Waals surface area contributed by atoms with Crippen LogP contribution in [0.2, 0.25) is 0 Å². The number of benzene rings is 2. The minimum atomic E-state index is -4.44. The Kier molecular flexibility index (Phi) is 5.08. The van der Waals surface area contributed by atoms with Gasteiger partial charge in [-0.25, -0.2) is 9.97 Å². The van der Waals surface area contributed by atoms with Crippen LogP contribution in [0, 0.1) is 0 Å². The third-order valence-corrected chi connectivity index (χ3v) is 4.24. The third-order valence-electron chi connectivity index (χ3n) is 3.57. The second-order valence-corrected chi connectivity index (χ2v) is 6.59. The van der Waals surface area contributed by atoms with E-state index in [1.165, 1.54) is 25.3 Å². The maximum atomic E-state index is 13.3. The molecule has 3 rings (SSSR count). The molecule has 0 atom stereocenters. The van der Waals surface area contributed by atoms with Gasteiger partial charge in [0.15, 0.2) is 10.3 Å². The molecule has 0 saturated carbocycles. The van der Waals surface area contributed by atoms with Crippen LogP contribution >= 0.6 is 11.8 Å². The van der Waals surface area contributed by atoms with E-state index in [1.54, 1.807) is 36.4 Å². The lowest BCUT2D eigenvalue weighted by Gasteiger charge is -2.13. The molecule has 3 nitrogen and oxygen atoms in total. The molecule has 7 heteroatoms. The van der Waals surface area contributed by atoms with Gasteiger partial charge in [0, 0.05) is 18.7 Å². The summed E-state index contributed by atoms with van der Waals surface area (Å²) in [6.45, 7) is 1.41. The molecule has 0 saturated heterocycles. The van der Waals surface area contributed by atoms with Gasteiger partial charge in [0.25, 0.3) is 0 Å². The van der Waals surface area contributed by atoms with Gasteiger partial charge in [-0.3, -0.25) is 4.79 Å². The highest BCUT2D eigenvalue weighted by molar-refractivity contribution is 8.13. The van der Waals surface area contributed by atoms with Gasteiger partial charge in [-0.05, 0) is 41.1 Å². The predicted molar refractivity (Wildman–Crippen MR) is 94.4 cm³/mol. The van der Waals surface area contributed by atoms with Crippen LogP contribution in [0.1, 0.15) is 12.5 Å². The number of halogens is 3. The zero-order chi connectivity index (χ0) is 18.7. The van der Waals surface area contributed by atoms with Crippen molar-refractivity contribution in [1.82, 2.24) is 9.97 Å². The van der Waals surface area contributed by atoms with Gasteiger partial charge in [-0.15, -0.1) is 0 Å². The van der Waals surface area contributed by atoms with Crippen molar-refractivity contribution in [3.8, 4) is 22.4 Å². The van der Waals surface area contributed by atoms with Crippen molar-refractivity contribution >= 4 is 16.9 Å². The van der Waals surface area contributed by atoms with Crippen LogP contribution in [0.3, 0.4) is 0 Å². The molecule has 0 N–H and O–H groups in total. The summed E-state index contributed by atoms with van der Waals surface area (Å²) in [5.74, 6) is 0. The Balaban J connectivity index is 2.04. The van der Waals surface area contributed by atoms with Crippen LogP contribution in [0.25, 0.3) is 22.4 Å². The molecule has 0 aliphatic rings. The molecular weight excluding hydrogens is 361 g/mol. The van der Waals surface area contributed by atoms with E-state index < -0.39 is 11.7 Å². The standard InChI is InChI=1S/C19H13F3N2OS/c1-12(25)26-18-23-10-9-17(24-18)14-6-4-5-13(11-14)15-7-2-3-8-16(15)19(20,21)22/h2-11H,1H3. The number of hydrogen-bond acceptors (Lipinski definition) is 4. The maximum absolute atomic E-state index is 13.3. The summed E-state index contributed by atoms with van der Waals surface area (Å²) in [6.07, 6.45) is -2.92.